The van der Waals surface area contributed by atoms with E-state index in [1.807, 2.05) is 31.2 Å². The van der Waals surface area contributed by atoms with Crippen molar-refractivity contribution in [2.75, 3.05) is 26.9 Å². The molecular formula is C15H24O3. The lowest BCUT2D eigenvalue weighted by Crippen LogP contribution is -2.35. The summed E-state index contributed by atoms with van der Waals surface area (Å²) in [6.45, 7) is 2.70. The maximum atomic E-state index is 9.66. The molecule has 0 unspecified atom stereocenters. The summed E-state index contributed by atoms with van der Waals surface area (Å²) in [7, 11) is 1.69. The zero-order valence-electron chi connectivity index (χ0n) is 11.4. The van der Waals surface area contributed by atoms with Gasteiger partial charge < -0.3 is 14.9 Å². The molecule has 0 bridgehead atoms. The Morgan fingerprint density at radius 3 is 2.17 bits per heavy atom. The third kappa shape index (κ3) is 3.80. The predicted molar refractivity (Wildman–Crippen MR) is 72.8 cm³/mol. The van der Waals surface area contributed by atoms with Crippen LogP contribution in [0.4, 0.5) is 0 Å². The second-order valence-electron chi connectivity index (χ2n) is 4.91. The van der Waals surface area contributed by atoms with Crippen molar-refractivity contribution in [3.8, 4) is 0 Å². The van der Waals surface area contributed by atoms with Crippen LogP contribution in [0.3, 0.4) is 0 Å². The van der Waals surface area contributed by atoms with Crippen molar-refractivity contribution >= 4 is 0 Å². The molecule has 0 heterocycles. The first-order valence-electron chi connectivity index (χ1n) is 6.46. The maximum Gasteiger partial charge on any atom is 0.0550 e. The highest BCUT2D eigenvalue weighted by molar-refractivity contribution is 5.29. The SMILES string of the molecule is COCCCCC(CO)(CO)c1ccc(C)cc1. The van der Waals surface area contributed by atoms with Gasteiger partial charge in [-0.3, -0.25) is 0 Å². The van der Waals surface area contributed by atoms with E-state index in [-0.39, 0.29) is 13.2 Å². The van der Waals surface area contributed by atoms with Crippen LogP contribution >= 0.6 is 0 Å². The summed E-state index contributed by atoms with van der Waals surface area (Å²) in [5.41, 5.74) is 1.67. The number of aliphatic hydroxyl groups is 2. The number of hydrogen-bond donors (Lipinski definition) is 2. The molecular weight excluding hydrogens is 228 g/mol. The fourth-order valence-electron chi connectivity index (χ4n) is 2.15. The van der Waals surface area contributed by atoms with Crippen molar-refractivity contribution in [3.63, 3.8) is 0 Å². The highest BCUT2D eigenvalue weighted by Gasteiger charge is 2.30. The third-order valence-electron chi connectivity index (χ3n) is 3.52. The molecule has 0 aliphatic rings. The first-order valence-corrected chi connectivity index (χ1v) is 6.46. The van der Waals surface area contributed by atoms with Gasteiger partial charge in [0, 0.05) is 19.1 Å². The second-order valence-corrected chi connectivity index (χ2v) is 4.91. The molecule has 0 aromatic heterocycles. The molecule has 1 aromatic rings. The van der Waals surface area contributed by atoms with E-state index < -0.39 is 5.41 Å². The summed E-state index contributed by atoms with van der Waals surface area (Å²) in [5.74, 6) is 0. The Morgan fingerprint density at radius 2 is 1.67 bits per heavy atom. The topological polar surface area (TPSA) is 49.7 Å². The smallest absolute Gasteiger partial charge is 0.0550 e. The lowest BCUT2D eigenvalue weighted by atomic mass is 9.77. The van der Waals surface area contributed by atoms with E-state index in [0.29, 0.717) is 0 Å². The molecule has 0 spiro atoms. The van der Waals surface area contributed by atoms with Gasteiger partial charge in [0.05, 0.1) is 13.2 Å². The van der Waals surface area contributed by atoms with Crippen LogP contribution < -0.4 is 0 Å². The molecule has 2 N–H and O–H groups in total. The van der Waals surface area contributed by atoms with E-state index in [4.69, 9.17) is 4.74 Å². The third-order valence-corrected chi connectivity index (χ3v) is 3.52. The van der Waals surface area contributed by atoms with Crippen LogP contribution in [-0.2, 0) is 10.2 Å². The monoisotopic (exact) mass is 252 g/mol. The van der Waals surface area contributed by atoms with Crippen LogP contribution in [0.1, 0.15) is 30.4 Å². The summed E-state index contributed by atoms with van der Waals surface area (Å²) in [6, 6.07) is 8.03. The molecule has 0 fully saturated rings. The van der Waals surface area contributed by atoms with Gasteiger partial charge in [-0.2, -0.15) is 0 Å². The van der Waals surface area contributed by atoms with Crippen molar-refractivity contribution in [2.45, 2.75) is 31.6 Å². The van der Waals surface area contributed by atoms with E-state index in [9.17, 15) is 10.2 Å². The first-order chi connectivity index (χ1) is 8.68. The molecule has 3 heteroatoms. The van der Waals surface area contributed by atoms with Crippen LogP contribution in [0.2, 0.25) is 0 Å². The van der Waals surface area contributed by atoms with E-state index in [1.165, 1.54) is 5.56 Å². The fourth-order valence-corrected chi connectivity index (χ4v) is 2.15. The molecule has 0 aliphatic heterocycles. The maximum absolute atomic E-state index is 9.66. The van der Waals surface area contributed by atoms with Crippen molar-refractivity contribution < 1.29 is 14.9 Å². The number of hydrogen-bond acceptors (Lipinski definition) is 3. The molecule has 0 radical (unpaired) electrons. The summed E-state index contributed by atoms with van der Waals surface area (Å²) in [4.78, 5) is 0. The molecule has 0 amide bonds. The molecule has 0 aliphatic carbocycles. The lowest BCUT2D eigenvalue weighted by molar-refractivity contribution is 0.103. The highest BCUT2D eigenvalue weighted by Crippen LogP contribution is 2.29. The van der Waals surface area contributed by atoms with Gasteiger partial charge in [-0.1, -0.05) is 36.2 Å². The molecule has 1 aromatic carbocycles. The lowest BCUT2D eigenvalue weighted by Gasteiger charge is -2.30. The number of unbranched alkanes of at least 4 members (excludes halogenated alkanes) is 1. The largest absolute Gasteiger partial charge is 0.395 e. The normalized spacial score (nSPS) is 11.8. The number of methoxy groups -OCH3 is 1. The Morgan fingerprint density at radius 1 is 1.06 bits per heavy atom. The Kier molecular flexibility index (Phi) is 6.33. The van der Waals surface area contributed by atoms with Gasteiger partial charge in [-0.25, -0.2) is 0 Å². The van der Waals surface area contributed by atoms with Gasteiger partial charge in [-0.15, -0.1) is 0 Å². The first kappa shape index (κ1) is 15.2. The molecule has 0 saturated carbocycles. The number of aliphatic hydroxyl groups excluding tert-OH is 2. The van der Waals surface area contributed by atoms with Crippen LogP contribution in [0.5, 0.6) is 0 Å². The summed E-state index contributed by atoms with van der Waals surface area (Å²) >= 11 is 0. The summed E-state index contributed by atoms with van der Waals surface area (Å²) in [6.07, 6.45) is 2.65. The minimum absolute atomic E-state index is 0.0282. The molecule has 18 heavy (non-hydrogen) atoms. The Hall–Kier alpha value is -0.900. The van der Waals surface area contributed by atoms with Crippen molar-refractivity contribution in [1.82, 2.24) is 0 Å². The van der Waals surface area contributed by atoms with Gasteiger partial charge in [-0.05, 0) is 25.3 Å². The van der Waals surface area contributed by atoms with Gasteiger partial charge in [0.2, 0.25) is 0 Å². The average Bonchev–Trinajstić information content (AvgIpc) is 2.41. The zero-order valence-corrected chi connectivity index (χ0v) is 11.4. The van der Waals surface area contributed by atoms with E-state index >= 15 is 0 Å². The standard InChI is InChI=1S/C15H24O3/c1-13-5-7-14(8-6-13)15(11-16,12-17)9-3-4-10-18-2/h5-8,16-17H,3-4,9-12H2,1-2H3. The van der Waals surface area contributed by atoms with E-state index in [0.717, 1.165) is 31.4 Å². The number of benzene rings is 1. The molecule has 0 atom stereocenters. The van der Waals surface area contributed by atoms with Crippen LogP contribution in [0.25, 0.3) is 0 Å². The van der Waals surface area contributed by atoms with Gasteiger partial charge in [0.15, 0.2) is 0 Å². The van der Waals surface area contributed by atoms with Crippen molar-refractivity contribution in [3.05, 3.63) is 35.4 Å². The fraction of sp³-hybridized carbons (Fsp3) is 0.600. The molecule has 1 rings (SSSR count). The molecule has 102 valence electrons. The van der Waals surface area contributed by atoms with Crippen LogP contribution in [0, 0.1) is 6.92 Å². The van der Waals surface area contributed by atoms with Crippen molar-refractivity contribution in [1.29, 1.82) is 0 Å². The van der Waals surface area contributed by atoms with E-state index in [2.05, 4.69) is 0 Å². The average molecular weight is 252 g/mol. The highest BCUT2D eigenvalue weighted by atomic mass is 16.5. The minimum Gasteiger partial charge on any atom is -0.395 e. The molecule has 3 nitrogen and oxygen atoms in total. The predicted octanol–water partition coefficient (Wildman–Crippen LogP) is 2.03. The quantitative estimate of drug-likeness (QED) is 0.696. The van der Waals surface area contributed by atoms with Crippen molar-refractivity contribution in [2.24, 2.45) is 0 Å². The van der Waals surface area contributed by atoms with Gasteiger partial charge >= 0.3 is 0 Å². The summed E-state index contributed by atoms with van der Waals surface area (Å²) in [5, 5.41) is 19.3. The van der Waals surface area contributed by atoms with Gasteiger partial charge in [0.1, 0.15) is 0 Å². The van der Waals surface area contributed by atoms with Crippen LogP contribution in [-0.4, -0.2) is 37.1 Å². The minimum atomic E-state index is -0.526. The Labute approximate surface area is 109 Å². The van der Waals surface area contributed by atoms with E-state index in [1.54, 1.807) is 7.11 Å². The number of ether oxygens (including phenoxy) is 1. The summed E-state index contributed by atoms with van der Waals surface area (Å²) < 4.78 is 5.02. The Balaban J connectivity index is 2.75. The number of aryl methyl sites for hydroxylation is 1. The Bertz CT molecular complexity index is 328. The van der Waals surface area contributed by atoms with Gasteiger partial charge in [0.25, 0.3) is 0 Å². The number of rotatable bonds is 8. The van der Waals surface area contributed by atoms with Crippen LogP contribution in [0.15, 0.2) is 24.3 Å². The molecule has 0 saturated heterocycles. The zero-order chi connectivity index (χ0) is 13.4. The second kappa shape index (κ2) is 7.52.